The van der Waals surface area contributed by atoms with Gasteiger partial charge in [-0.2, -0.15) is 16.8 Å². The minimum Gasteiger partial charge on any atom is -0.497 e. The lowest BCUT2D eigenvalue weighted by Gasteiger charge is -2.04. The first-order chi connectivity index (χ1) is 11.6. The maximum absolute atomic E-state index is 12.4. The topological polar surface area (TPSA) is 43.6 Å². The highest BCUT2D eigenvalue weighted by molar-refractivity contribution is 7.98. The molecule has 8 heteroatoms. The molecule has 0 radical (unpaired) electrons. The number of hydrogen-bond acceptors (Lipinski definition) is 5. The predicted octanol–water partition coefficient (Wildman–Crippen LogP) is 4.53. The van der Waals surface area contributed by atoms with E-state index in [2.05, 4.69) is 15.8 Å². The Kier molecular flexibility index (Phi) is 5.65. The zero-order valence-electron chi connectivity index (χ0n) is 13.1. The summed E-state index contributed by atoms with van der Waals surface area (Å²) in [7, 11) is 1.64. The highest BCUT2D eigenvalue weighted by atomic mass is 35.5. The van der Waals surface area contributed by atoms with Crippen molar-refractivity contribution < 1.29 is 9.53 Å². The SMILES string of the molecule is COc1ccc2c(c1)sc(=NC(=O)c1ccc(Cl)s1)n2CCSC. The van der Waals surface area contributed by atoms with Crippen LogP contribution in [0.3, 0.4) is 0 Å². The summed E-state index contributed by atoms with van der Waals surface area (Å²) < 4.78 is 9.01. The maximum atomic E-state index is 12.4. The fourth-order valence-electron chi connectivity index (χ4n) is 2.24. The number of ether oxygens (including phenoxy) is 1. The zero-order valence-corrected chi connectivity index (χ0v) is 16.3. The molecule has 24 heavy (non-hydrogen) atoms. The summed E-state index contributed by atoms with van der Waals surface area (Å²) in [4.78, 5) is 18.0. The van der Waals surface area contributed by atoms with Gasteiger partial charge < -0.3 is 9.30 Å². The molecule has 1 aromatic carbocycles. The van der Waals surface area contributed by atoms with Crippen LogP contribution in [0.1, 0.15) is 9.67 Å². The number of carbonyl (C=O) groups is 1. The molecule has 3 aromatic rings. The molecule has 0 N–H and O–H groups in total. The molecule has 0 aliphatic heterocycles. The van der Waals surface area contributed by atoms with Crippen LogP contribution in [0.15, 0.2) is 35.3 Å². The summed E-state index contributed by atoms with van der Waals surface area (Å²) in [5.74, 6) is 1.48. The maximum Gasteiger partial charge on any atom is 0.289 e. The Morgan fingerprint density at radius 2 is 2.17 bits per heavy atom. The lowest BCUT2D eigenvalue weighted by Crippen LogP contribution is -2.18. The molecule has 4 nitrogen and oxygen atoms in total. The summed E-state index contributed by atoms with van der Waals surface area (Å²) in [5, 5.41) is 0. The van der Waals surface area contributed by atoms with Gasteiger partial charge in [-0.15, -0.1) is 11.3 Å². The normalized spacial score (nSPS) is 12.0. The van der Waals surface area contributed by atoms with E-state index in [9.17, 15) is 4.79 Å². The van der Waals surface area contributed by atoms with Crippen LogP contribution in [0.5, 0.6) is 5.75 Å². The largest absolute Gasteiger partial charge is 0.497 e. The van der Waals surface area contributed by atoms with E-state index >= 15 is 0 Å². The van der Waals surface area contributed by atoms with Crippen molar-refractivity contribution in [1.82, 2.24) is 4.57 Å². The standard InChI is InChI=1S/C16H15ClN2O2S3/c1-21-10-3-4-11-13(9-10)24-16(19(11)7-8-22-2)18-15(20)12-5-6-14(17)23-12/h3-6,9H,7-8H2,1-2H3. The number of amides is 1. The van der Waals surface area contributed by atoms with Gasteiger partial charge in [-0.3, -0.25) is 4.79 Å². The molecule has 0 aliphatic carbocycles. The number of thiophene rings is 1. The van der Waals surface area contributed by atoms with E-state index in [1.807, 2.05) is 18.2 Å². The first-order valence-corrected chi connectivity index (χ1v) is 10.5. The molecule has 0 saturated carbocycles. The van der Waals surface area contributed by atoms with Gasteiger partial charge in [0.25, 0.3) is 5.91 Å². The third kappa shape index (κ3) is 3.69. The highest BCUT2D eigenvalue weighted by Crippen LogP contribution is 2.24. The van der Waals surface area contributed by atoms with Crippen LogP contribution in [-0.4, -0.2) is 29.6 Å². The molecule has 0 saturated heterocycles. The Balaban J connectivity index is 2.10. The van der Waals surface area contributed by atoms with Crippen molar-refractivity contribution in [2.45, 2.75) is 6.54 Å². The fourth-order valence-corrected chi connectivity index (χ4v) is 4.61. The van der Waals surface area contributed by atoms with Gasteiger partial charge in [0.2, 0.25) is 0 Å². The molecule has 0 aliphatic rings. The number of carbonyl (C=O) groups excluding carboxylic acids is 1. The van der Waals surface area contributed by atoms with Crippen molar-refractivity contribution in [2.24, 2.45) is 4.99 Å². The number of halogens is 1. The first-order valence-electron chi connectivity index (χ1n) is 7.13. The van der Waals surface area contributed by atoms with Crippen molar-refractivity contribution in [3.63, 3.8) is 0 Å². The third-order valence-corrected chi connectivity index (χ3v) is 6.24. The molecule has 0 unspecified atom stereocenters. The number of rotatable bonds is 5. The average molecular weight is 399 g/mol. The van der Waals surface area contributed by atoms with Gasteiger partial charge in [-0.25, -0.2) is 0 Å². The molecule has 2 aromatic heterocycles. The summed E-state index contributed by atoms with van der Waals surface area (Å²) in [6, 6.07) is 9.33. The molecule has 1 amide bonds. The molecule has 0 fully saturated rings. The number of aromatic nitrogens is 1. The molecule has 0 bridgehead atoms. The molecule has 0 atom stereocenters. The minimum atomic E-state index is -0.261. The minimum absolute atomic E-state index is 0.261. The van der Waals surface area contributed by atoms with Gasteiger partial charge in [0, 0.05) is 12.3 Å². The summed E-state index contributed by atoms with van der Waals surface area (Å²) in [5.41, 5.74) is 1.06. The Morgan fingerprint density at radius 3 is 2.83 bits per heavy atom. The number of fused-ring (bicyclic) bond motifs is 1. The summed E-state index contributed by atoms with van der Waals surface area (Å²) >= 11 is 10.4. The van der Waals surface area contributed by atoms with Crippen LogP contribution >= 0.6 is 46.0 Å². The zero-order chi connectivity index (χ0) is 17.1. The molecule has 2 heterocycles. The van der Waals surface area contributed by atoms with E-state index in [-0.39, 0.29) is 5.91 Å². The lowest BCUT2D eigenvalue weighted by atomic mass is 10.3. The van der Waals surface area contributed by atoms with Crippen LogP contribution in [-0.2, 0) is 6.54 Å². The van der Waals surface area contributed by atoms with Crippen molar-refractivity contribution in [2.75, 3.05) is 19.1 Å². The summed E-state index contributed by atoms with van der Waals surface area (Å²) in [6.45, 7) is 0.796. The second-order valence-electron chi connectivity index (χ2n) is 4.88. The summed E-state index contributed by atoms with van der Waals surface area (Å²) in [6.07, 6.45) is 2.06. The van der Waals surface area contributed by atoms with Crippen molar-refractivity contribution in [3.8, 4) is 5.75 Å². The highest BCUT2D eigenvalue weighted by Gasteiger charge is 2.11. The van der Waals surface area contributed by atoms with Crippen LogP contribution in [0.4, 0.5) is 0 Å². The quantitative estimate of drug-likeness (QED) is 0.634. The van der Waals surface area contributed by atoms with Gasteiger partial charge in [0.15, 0.2) is 4.80 Å². The van der Waals surface area contributed by atoms with E-state index in [1.165, 1.54) is 22.7 Å². The number of thioether (sulfide) groups is 1. The number of hydrogen-bond donors (Lipinski definition) is 0. The Bertz CT molecular complexity index is 942. The molecular weight excluding hydrogens is 384 g/mol. The Labute approximate surface area is 156 Å². The van der Waals surface area contributed by atoms with Crippen molar-refractivity contribution in [3.05, 3.63) is 44.3 Å². The monoisotopic (exact) mass is 398 g/mol. The first kappa shape index (κ1) is 17.5. The second-order valence-corrected chi connectivity index (χ2v) is 8.59. The van der Waals surface area contributed by atoms with Crippen molar-refractivity contribution >= 4 is 62.2 Å². The molecule has 126 valence electrons. The Hall–Kier alpha value is -1.28. The van der Waals surface area contributed by atoms with E-state index < -0.39 is 0 Å². The van der Waals surface area contributed by atoms with Gasteiger partial charge in [0.05, 0.1) is 26.5 Å². The van der Waals surface area contributed by atoms with E-state index in [1.54, 1.807) is 31.0 Å². The number of benzene rings is 1. The van der Waals surface area contributed by atoms with Gasteiger partial charge in [-0.1, -0.05) is 22.9 Å². The number of aryl methyl sites for hydroxylation is 1. The molecule has 0 spiro atoms. The van der Waals surface area contributed by atoms with Crippen molar-refractivity contribution in [1.29, 1.82) is 0 Å². The van der Waals surface area contributed by atoms with Crippen LogP contribution in [0.2, 0.25) is 4.34 Å². The van der Waals surface area contributed by atoms with Crippen LogP contribution < -0.4 is 9.54 Å². The van der Waals surface area contributed by atoms with Crippen LogP contribution in [0.25, 0.3) is 10.2 Å². The molecular formula is C16H15ClN2O2S3. The molecule has 3 rings (SSSR count). The van der Waals surface area contributed by atoms with Gasteiger partial charge in [-0.05, 0) is 36.6 Å². The van der Waals surface area contributed by atoms with Gasteiger partial charge >= 0.3 is 0 Å². The number of thiazole rings is 1. The second kappa shape index (κ2) is 7.74. The van der Waals surface area contributed by atoms with E-state index in [0.717, 1.165) is 28.3 Å². The third-order valence-electron chi connectivity index (χ3n) is 3.39. The van der Waals surface area contributed by atoms with E-state index in [4.69, 9.17) is 16.3 Å². The smallest absolute Gasteiger partial charge is 0.289 e. The van der Waals surface area contributed by atoms with Crippen LogP contribution in [0, 0.1) is 0 Å². The average Bonchev–Trinajstić information content (AvgIpc) is 3.15. The predicted molar refractivity (Wildman–Crippen MR) is 104 cm³/mol. The lowest BCUT2D eigenvalue weighted by molar-refractivity contribution is 0.100. The van der Waals surface area contributed by atoms with Gasteiger partial charge in [0.1, 0.15) is 5.75 Å². The number of nitrogens with zero attached hydrogens (tertiary/aromatic N) is 2. The van der Waals surface area contributed by atoms with E-state index in [0.29, 0.717) is 14.0 Å². The fraction of sp³-hybridized carbons (Fsp3) is 0.250. The number of methoxy groups -OCH3 is 1. The Morgan fingerprint density at radius 1 is 1.33 bits per heavy atom.